The lowest BCUT2D eigenvalue weighted by atomic mass is 9.79. The number of nitrogens with zero attached hydrogens (tertiary/aromatic N) is 8. The molecule has 12 rings (SSSR count). The first-order chi connectivity index (χ1) is 35.8. The Kier molecular flexibility index (Phi) is 12.9. The molecular formula is C57H67F2N9O6. The molecule has 2 saturated carbocycles. The number of carbonyl (C=O) groups excluding carboxylic acids is 3. The number of rotatable bonds is 15. The van der Waals surface area contributed by atoms with Gasteiger partial charge in [-0.25, -0.2) is 8.78 Å². The number of nitrogens with one attached hydrogen (secondary N) is 1. The number of halogens is 2. The number of fused-ring (bicyclic) bond motifs is 5. The Morgan fingerprint density at radius 2 is 1.59 bits per heavy atom. The lowest BCUT2D eigenvalue weighted by molar-refractivity contribution is -0.136. The average Bonchev–Trinajstić information content (AvgIpc) is 3.98. The Labute approximate surface area is 430 Å². The highest BCUT2D eigenvalue weighted by atomic mass is 19.1. The number of methoxy groups -OCH3 is 1. The van der Waals surface area contributed by atoms with Crippen LogP contribution in [-0.4, -0.2) is 139 Å². The van der Waals surface area contributed by atoms with Gasteiger partial charge >= 0.3 is 6.01 Å². The Morgan fingerprint density at radius 3 is 2.32 bits per heavy atom. The topological polar surface area (TPSA) is 146 Å². The number of ether oxygens (including phenoxy) is 3. The molecule has 15 nitrogen and oxygen atoms in total. The summed E-state index contributed by atoms with van der Waals surface area (Å²) < 4.78 is 50.6. The number of hydrogen-bond donors (Lipinski definition) is 1. The predicted octanol–water partition coefficient (Wildman–Crippen LogP) is 7.75. The van der Waals surface area contributed by atoms with Crippen molar-refractivity contribution in [3.8, 4) is 23.0 Å². The van der Waals surface area contributed by atoms with Crippen LogP contribution in [0.4, 0.5) is 20.3 Å². The zero-order valence-electron chi connectivity index (χ0n) is 42.9. The summed E-state index contributed by atoms with van der Waals surface area (Å²) in [6.45, 7) is 14.6. The van der Waals surface area contributed by atoms with E-state index in [2.05, 4.69) is 37.9 Å². The normalized spacial score (nSPS) is 23.7. The molecule has 0 spiro atoms. The van der Waals surface area contributed by atoms with Crippen LogP contribution in [0.25, 0.3) is 32.9 Å². The van der Waals surface area contributed by atoms with Crippen LogP contribution >= 0.6 is 0 Å². The fourth-order valence-electron chi connectivity index (χ4n) is 13.2. The van der Waals surface area contributed by atoms with E-state index in [0.29, 0.717) is 82.2 Å². The Bertz CT molecular complexity index is 3010. The summed E-state index contributed by atoms with van der Waals surface area (Å²) in [7, 11) is 1.54. The standard InChI is InChI=1S/C57H67F2N9O6/c1-4-41-45(58)10-7-37-25-40(74-34-72-3)26-43(48(37)41)50-49(59)51-44(27-60-50)52(67-28-35-5-6-36(23-35)29-67)63-55(62-51)73-33-57(13-14-57)32-64-17-15-56(2,16-18-64)31-65-19-21-66(22-20-65)39-8-9-42-38(24-39)30-68(54(42)71)46-11-12-47(69)61-53(46)70/h7-10,24-27,35-36,46H,4-6,11-23,28-34H2,1-3H3,(H,61,69,70)/t35?,36?,46-/m1/s1. The van der Waals surface area contributed by atoms with Gasteiger partial charge in [-0.1, -0.05) is 19.9 Å². The van der Waals surface area contributed by atoms with Gasteiger partial charge in [-0.3, -0.25) is 29.6 Å². The van der Waals surface area contributed by atoms with Crippen LogP contribution in [-0.2, 0) is 27.3 Å². The van der Waals surface area contributed by atoms with Gasteiger partial charge < -0.3 is 33.8 Å². The third kappa shape index (κ3) is 9.41. The largest absolute Gasteiger partial charge is 0.468 e. The van der Waals surface area contributed by atoms with E-state index in [1.807, 2.05) is 25.1 Å². The maximum atomic E-state index is 17.5. The summed E-state index contributed by atoms with van der Waals surface area (Å²) in [5.41, 5.74) is 3.97. The minimum Gasteiger partial charge on any atom is -0.468 e. The van der Waals surface area contributed by atoms with Gasteiger partial charge in [0, 0.05) is 101 Å². The number of imide groups is 1. The molecule has 2 aromatic heterocycles. The molecule has 3 aromatic carbocycles. The van der Waals surface area contributed by atoms with Crippen molar-refractivity contribution in [3.05, 3.63) is 77.0 Å². The van der Waals surface area contributed by atoms with E-state index in [9.17, 15) is 14.4 Å². The number of aromatic nitrogens is 3. The number of piperidine rings is 3. The van der Waals surface area contributed by atoms with Gasteiger partial charge in [0.25, 0.3) is 5.91 Å². The summed E-state index contributed by atoms with van der Waals surface area (Å²) in [6, 6.07) is 12.3. The molecule has 0 radical (unpaired) electrons. The number of pyridine rings is 1. The van der Waals surface area contributed by atoms with Crippen molar-refractivity contribution >= 4 is 50.9 Å². The van der Waals surface area contributed by atoms with E-state index in [-0.39, 0.29) is 64.8 Å². The molecule has 2 aliphatic carbocycles. The second-order valence-electron chi connectivity index (χ2n) is 22.8. The molecule has 7 heterocycles. The van der Waals surface area contributed by atoms with Gasteiger partial charge in [-0.15, -0.1) is 0 Å². The van der Waals surface area contributed by atoms with Gasteiger partial charge in [0.1, 0.15) is 34.6 Å². The minimum atomic E-state index is -0.616. The maximum Gasteiger partial charge on any atom is 0.319 e. The number of carbonyl (C=O) groups is 3. The fraction of sp³-hybridized carbons (Fsp3) is 0.544. The lowest BCUT2D eigenvalue weighted by Gasteiger charge is -2.45. The SMILES string of the molecule is CCc1c(F)ccc2cc(OCOC)cc(-c3ncc4c(N5CC6CCC(C6)C5)nc(OCC5(CN6CCC(C)(CN7CCN(c8ccc9c(c8)CN([C@@H]8CCC(=O)NC8=O)C9=O)CC7)CC6)CC5)nc4c3F)c12. The van der Waals surface area contributed by atoms with Gasteiger partial charge in [0.15, 0.2) is 12.6 Å². The third-order valence-electron chi connectivity index (χ3n) is 17.6. The summed E-state index contributed by atoms with van der Waals surface area (Å²) in [4.78, 5) is 63.8. The molecule has 4 saturated heterocycles. The highest BCUT2D eigenvalue weighted by Crippen LogP contribution is 2.48. The number of likely N-dealkylation sites (tertiary alicyclic amines) is 1. The highest BCUT2D eigenvalue weighted by Gasteiger charge is 2.47. The smallest absolute Gasteiger partial charge is 0.319 e. The molecule has 2 unspecified atom stereocenters. The van der Waals surface area contributed by atoms with Crippen LogP contribution in [0.2, 0.25) is 0 Å². The van der Waals surface area contributed by atoms with E-state index in [1.165, 1.54) is 32.4 Å². The van der Waals surface area contributed by atoms with Crippen molar-refractivity contribution in [1.29, 1.82) is 0 Å². The number of piperazine rings is 1. The number of amides is 3. The van der Waals surface area contributed by atoms with Crippen LogP contribution in [0.1, 0.15) is 93.1 Å². The molecule has 5 aromatic rings. The zero-order chi connectivity index (χ0) is 50.9. The van der Waals surface area contributed by atoms with Crippen LogP contribution in [0.5, 0.6) is 11.8 Å². The highest BCUT2D eigenvalue weighted by molar-refractivity contribution is 6.06. The molecule has 17 heteroatoms. The maximum absolute atomic E-state index is 17.5. The second-order valence-corrected chi connectivity index (χ2v) is 22.8. The zero-order valence-corrected chi connectivity index (χ0v) is 42.9. The van der Waals surface area contributed by atoms with Gasteiger partial charge in [-0.2, -0.15) is 9.97 Å². The van der Waals surface area contributed by atoms with Crippen molar-refractivity contribution < 1.29 is 37.4 Å². The molecule has 3 atom stereocenters. The molecule has 1 N–H and O–H groups in total. The Hall–Kier alpha value is -6.04. The van der Waals surface area contributed by atoms with Crippen molar-refractivity contribution in [3.63, 3.8) is 0 Å². The van der Waals surface area contributed by atoms with Crippen molar-refractivity contribution in [1.82, 2.24) is 35.0 Å². The first-order valence-electron chi connectivity index (χ1n) is 26.9. The van der Waals surface area contributed by atoms with Crippen molar-refractivity contribution in [2.24, 2.45) is 22.7 Å². The fourth-order valence-corrected chi connectivity index (χ4v) is 13.2. The molecule has 7 aliphatic rings. The van der Waals surface area contributed by atoms with E-state index in [4.69, 9.17) is 29.2 Å². The van der Waals surface area contributed by atoms with E-state index in [0.717, 1.165) is 102 Å². The predicted molar refractivity (Wildman–Crippen MR) is 277 cm³/mol. The van der Waals surface area contributed by atoms with Gasteiger partial charge in [0.2, 0.25) is 11.8 Å². The number of hydrogen-bond acceptors (Lipinski definition) is 13. The van der Waals surface area contributed by atoms with Crippen LogP contribution in [0, 0.1) is 34.3 Å². The summed E-state index contributed by atoms with van der Waals surface area (Å²) in [5, 5.41) is 4.23. The van der Waals surface area contributed by atoms with Crippen LogP contribution in [0.15, 0.2) is 48.7 Å². The quantitative estimate of drug-likeness (QED) is 0.0807. The summed E-state index contributed by atoms with van der Waals surface area (Å²) in [6.07, 6.45) is 10.6. The Balaban J connectivity index is 0.703. The van der Waals surface area contributed by atoms with Crippen LogP contribution < -0.4 is 24.6 Å². The molecule has 390 valence electrons. The van der Waals surface area contributed by atoms with E-state index < -0.39 is 11.9 Å². The summed E-state index contributed by atoms with van der Waals surface area (Å²) in [5.74, 6) is 0.469. The second kappa shape index (κ2) is 19.6. The molecule has 2 bridgehead atoms. The monoisotopic (exact) mass is 1010 g/mol. The van der Waals surface area contributed by atoms with Gasteiger partial charge in [-0.05, 0) is 146 Å². The van der Waals surface area contributed by atoms with Gasteiger partial charge in [0.05, 0.1) is 12.0 Å². The van der Waals surface area contributed by atoms with E-state index in [1.54, 1.807) is 23.2 Å². The number of benzene rings is 3. The molecular weight excluding hydrogens is 945 g/mol. The molecule has 6 fully saturated rings. The number of aryl methyl sites for hydroxylation is 1. The van der Waals surface area contributed by atoms with Crippen molar-refractivity contribution in [2.75, 3.05) is 95.8 Å². The van der Waals surface area contributed by atoms with Crippen LogP contribution in [0.3, 0.4) is 0 Å². The molecule has 5 aliphatic heterocycles. The minimum absolute atomic E-state index is 0.00268. The van der Waals surface area contributed by atoms with E-state index >= 15 is 8.78 Å². The Morgan fingerprint density at radius 1 is 0.824 bits per heavy atom. The van der Waals surface area contributed by atoms with Crippen molar-refractivity contribution in [2.45, 2.75) is 90.6 Å². The molecule has 74 heavy (non-hydrogen) atoms. The first-order valence-corrected chi connectivity index (χ1v) is 26.9. The molecule has 3 amide bonds. The lowest BCUT2D eigenvalue weighted by Crippen LogP contribution is -2.52. The summed E-state index contributed by atoms with van der Waals surface area (Å²) >= 11 is 0. The number of anilines is 2. The average molecular weight is 1010 g/mol. The third-order valence-corrected chi connectivity index (χ3v) is 17.6. The first kappa shape index (κ1) is 48.9.